The summed E-state index contributed by atoms with van der Waals surface area (Å²) in [6.07, 6.45) is 0. The summed E-state index contributed by atoms with van der Waals surface area (Å²) in [6, 6.07) is 21.3. The van der Waals surface area contributed by atoms with E-state index in [1.165, 1.54) is 5.56 Å². The van der Waals surface area contributed by atoms with Gasteiger partial charge in [-0.15, -0.1) is 11.8 Å². The Balaban J connectivity index is 1.35. The van der Waals surface area contributed by atoms with Crippen LogP contribution < -0.4 is 10.6 Å². The number of rotatable bonds is 5. The topological polar surface area (TPSA) is 66.9 Å². The minimum absolute atomic E-state index is 0.259. The molecule has 1 heterocycles. The first-order chi connectivity index (χ1) is 15.0. The van der Waals surface area contributed by atoms with E-state index in [4.69, 9.17) is 4.98 Å². The van der Waals surface area contributed by atoms with Gasteiger partial charge in [0.1, 0.15) is 0 Å². The normalized spacial score (nSPS) is 10.8. The van der Waals surface area contributed by atoms with Crippen molar-refractivity contribution in [3.8, 4) is 0 Å². The van der Waals surface area contributed by atoms with E-state index in [1.54, 1.807) is 11.8 Å². The van der Waals surface area contributed by atoms with Crippen LogP contribution in [0.25, 0.3) is 11.0 Å². The number of fused-ring (bicyclic) bond motifs is 1. The quantitative estimate of drug-likeness (QED) is 0.357. The molecule has 0 spiro atoms. The number of anilines is 2. The molecule has 6 heteroatoms. The fourth-order valence-corrected chi connectivity index (χ4v) is 4.07. The SMILES string of the molecule is Cc1ccc(NC(=O)Nc2ccc(SCc3nc4ccccc4nc3C)cc2)cc1C. The lowest BCUT2D eigenvalue weighted by atomic mass is 10.1. The Morgan fingerprint density at radius 3 is 2.16 bits per heavy atom. The van der Waals surface area contributed by atoms with Crippen LogP contribution in [0.15, 0.2) is 71.6 Å². The molecule has 0 radical (unpaired) electrons. The van der Waals surface area contributed by atoms with Gasteiger partial charge in [0.15, 0.2) is 0 Å². The van der Waals surface area contributed by atoms with Crippen molar-refractivity contribution >= 4 is 40.2 Å². The van der Waals surface area contributed by atoms with E-state index >= 15 is 0 Å². The number of carbonyl (C=O) groups excluding carboxylic acids is 1. The Morgan fingerprint density at radius 2 is 1.45 bits per heavy atom. The lowest BCUT2D eigenvalue weighted by Gasteiger charge is -2.10. The number of aromatic nitrogens is 2. The van der Waals surface area contributed by atoms with Crippen molar-refractivity contribution in [1.29, 1.82) is 0 Å². The van der Waals surface area contributed by atoms with E-state index < -0.39 is 0 Å². The third kappa shape index (κ3) is 5.22. The molecule has 0 unspecified atom stereocenters. The monoisotopic (exact) mass is 428 g/mol. The van der Waals surface area contributed by atoms with Crippen molar-refractivity contribution in [2.24, 2.45) is 0 Å². The molecule has 2 amide bonds. The molecule has 0 aliphatic rings. The Hall–Kier alpha value is -3.38. The molecule has 3 aromatic carbocycles. The molecule has 0 fully saturated rings. The van der Waals surface area contributed by atoms with Crippen LogP contribution in [0.2, 0.25) is 0 Å². The highest BCUT2D eigenvalue weighted by Gasteiger charge is 2.07. The van der Waals surface area contributed by atoms with Crippen molar-refractivity contribution in [2.45, 2.75) is 31.4 Å². The van der Waals surface area contributed by atoms with Crippen molar-refractivity contribution in [1.82, 2.24) is 9.97 Å². The fraction of sp³-hybridized carbons (Fsp3) is 0.160. The van der Waals surface area contributed by atoms with Crippen LogP contribution in [0.1, 0.15) is 22.5 Å². The molecule has 0 saturated heterocycles. The van der Waals surface area contributed by atoms with Crippen LogP contribution in [-0.4, -0.2) is 16.0 Å². The minimum atomic E-state index is -0.259. The maximum atomic E-state index is 12.3. The second-order valence-electron chi connectivity index (χ2n) is 7.44. The maximum absolute atomic E-state index is 12.3. The Morgan fingerprint density at radius 1 is 0.806 bits per heavy atom. The number of urea groups is 1. The van der Waals surface area contributed by atoms with Crippen molar-refractivity contribution < 1.29 is 4.79 Å². The molecular formula is C25H24N4OS. The summed E-state index contributed by atoms with van der Waals surface area (Å²) in [4.78, 5) is 22.8. The second kappa shape index (κ2) is 9.18. The van der Waals surface area contributed by atoms with Gasteiger partial charge in [0.05, 0.1) is 22.4 Å². The average molecular weight is 429 g/mol. The summed E-state index contributed by atoms with van der Waals surface area (Å²) in [6.45, 7) is 6.07. The van der Waals surface area contributed by atoms with Crippen LogP contribution in [0.5, 0.6) is 0 Å². The summed E-state index contributed by atoms with van der Waals surface area (Å²) in [5.74, 6) is 0.740. The number of benzene rings is 3. The lowest BCUT2D eigenvalue weighted by molar-refractivity contribution is 0.262. The molecule has 0 aliphatic carbocycles. The number of para-hydroxylation sites is 2. The molecule has 5 nitrogen and oxygen atoms in total. The highest BCUT2D eigenvalue weighted by atomic mass is 32.2. The largest absolute Gasteiger partial charge is 0.323 e. The zero-order valence-electron chi connectivity index (χ0n) is 17.8. The first-order valence-electron chi connectivity index (χ1n) is 10.1. The molecule has 0 saturated carbocycles. The first-order valence-corrected chi connectivity index (χ1v) is 11.1. The summed E-state index contributed by atoms with van der Waals surface area (Å²) < 4.78 is 0. The van der Waals surface area contributed by atoms with Gasteiger partial charge < -0.3 is 10.6 Å². The van der Waals surface area contributed by atoms with E-state index in [2.05, 4.69) is 15.6 Å². The van der Waals surface area contributed by atoms with E-state index in [0.29, 0.717) is 0 Å². The fourth-order valence-electron chi connectivity index (χ4n) is 3.16. The molecule has 31 heavy (non-hydrogen) atoms. The zero-order valence-corrected chi connectivity index (χ0v) is 18.6. The predicted molar refractivity (Wildman–Crippen MR) is 129 cm³/mol. The standard InChI is InChI=1S/C25H24N4OS/c1-16-8-9-20(14-17(16)2)28-25(30)27-19-10-12-21(13-11-19)31-15-24-18(3)26-22-6-4-5-7-23(22)29-24/h4-14H,15H2,1-3H3,(H2,27,28,30). The van der Waals surface area contributed by atoms with E-state index in [-0.39, 0.29) is 6.03 Å². The molecule has 4 rings (SSSR count). The molecule has 4 aromatic rings. The van der Waals surface area contributed by atoms with E-state index in [9.17, 15) is 4.79 Å². The Kier molecular flexibility index (Phi) is 6.18. The lowest BCUT2D eigenvalue weighted by Crippen LogP contribution is -2.19. The van der Waals surface area contributed by atoms with E-state index in [1.807, 2.05) is 87.5 Å². The smallest absolute Gasteiger partial charge is 0.308 e. The summed E-state index contributed by atoms with van der Waals surface area (Å²) in [7, 11) is 0. The van der Waals surface area contributed by atoms with Crippen molar-refractivity contribution in [3.05, 3.63) is 89.2 Å². The third-order valence-corrected chi connectivity index (χ3v) is 6.12. The van der Waals surface area contributed by atoms with Gasteiger partial charge in [-0.1, -0.05) is 18.2 Å². The third-order valence-electron chi connectivity index (χ3n) is 5.10. The first kappa shape index (κ1) is 20.9. The molecule has 0 aliphatic heterocycles. The summed E-state index contributed by atoms with van der Waals surface area (Å²) in [5, 5.41) is 5.74. The Bertz CT molecular complexity index is 1240. The van der Waals surface area contributed by atoms with Crippen LogP contribution in [-0.2, 0) is 5.75 Å². The van der Waals surface area contributed by atoms with Gasteiger partial charge in [-0.05, 0) is 80.4 Å². The number of amides is 2. The summed E-state index contributed by atoms with van der Waals surface area (Å²) in [5.41, 5.74) is 7.63. The number of thioether (sulfide) groups is 1. The number of nitrogens with zero attached hydrogens (tertiary/aromatic N) is 2. The highest BCUT2D eigenvalue weighted by Crippen LogP contribution is 2.25. The Labute approximate surface area is 186 Å². The van der Waals surface area contributed by atoms with Gasteiger partial charge in [0.25, 0.3) is 0 Å². The van der Waals surface area contributed by atoms with Gasteiger partial charge >= 0.3 is 6.03 Å². The zero-order chi connectivity index (χ0) is 21.8. The van der Waals surface area contributed by atoms with Crippen LogP contribution in [0, 0.1) is 20.8 Å². The average Bonchev–Trinajstić information content (AvgIpc) is 2.76. The number of carbonyl (C=O) groups is 1. The van der Waals surface area contributed by atoms with Crippen molar-refractivity contribution in [2.75, 3.05) is 10.6 Å². The molecule has 156 valence electrons. The molecular weight excluding hydrogens is 404 g/mol. The van der Waals surface area contributed by atoms with Crippen LogP contribution >= 0.6 is 11.8 Å². The molecule has 1 aromatic heterocycles. The van der Waals surface area contributed by atoms with Crippen molar-refractivity contribution in [3.63, 3.8) is 0 Å². The molecule has 2 N–H and O–H groups in total. The second-order valence-corrected chi connectivity index (χ2v) is 8.48. The van der Waals surface area contributed by atoms with Gasteiger partial charge in [0.2, 0.25) is 0 Å². The van der Waals surface area contributed by atoms with Gasteiger partial charge in [-0.25, -0.2) is 14.8 Å². The number of hydrogen-bond acceptors (Lipinski definition) is 4. The molecule has 0 bridgehead atoms. The highest BCUT2D eigenvalue weighted by molar-refractivity contribution is 7.98. The van der Waals surface area contributed by atoms with Gasteiger partial charge in [-0.3, -0.25) is 0 Å². The minimum Gasteiger partial charge on any atom is -0.308 e. The van der Waals surface area contributed by atoms with E-state index in [0.717, 1.165) is 50.0 Å². The van der Waals surface area contributed by atoms with Crippen LogP contribution in [0.4, 0.5) is 16.2 Å². The summed E-state index contributed by atoms with van der Waals surface area (Å²) >= 11 is 1.70. The molecule has 0 atom stereocenters. The number of hydrogen-bond donors (Lipinski definition) is 2. The van der Waals surface area contributed by atoms with Crippen LogP contribution in [0.3, 0.4) is 0 Å². The van der Waals surface area contributed by atoms with Gasteiger partial charge in [0, 0.05) is 22.0 Å². The number of nitrogens with one attached hydrogen (secondary N) is 2. The maximum Gasteiger partial charge on any atom is 0.323 e. The predicted octanol–water partition coefficient (Wildman–Crippen LogP) is 6.49. The number of aryl methyl sites for hydroxylation is 3. The van der Waals surface area contributed by atoms with Gasteiger partial charge in [-0.2, -0.15) is 0 Å².